The molecule has 2 aliphatic rings. The Kier molecular flexibility index (Phi) is 1.91. The van der Waals surface area contributed by atoms with E-state index in [9.17, 15) is 15.0 Å². The van der Waals surface area contributed by atoms with E-state index in [4.69, 9.17) is 10.5 Å². The highest BCUT2D eigenvalue weighted by Gasteiger charge is 2.48. The molecule has 0 saturated carbocycles. The number of hydrogen-bond acceptors (Lipinski definition) is 7. The zero-order valence-corrected chi connectivity index (χ0v) is 9.65. The first-order valence-electron chi connectivity index (χ1n) is 5.85. The molecule has 2 aliphatic heterocycles. The summed E-state index contributed by atoms with van der Waals surface area (Å²) in [6.07, 6.45) is -2.75. The number of ether oxygens (including phenoxy) is 1. The molecule has 4 heterocycles. The van der Waals surface area contributed by atoms with Crippen LogP contribution in [-0.4, -0.2) is 41.9 Å². The summed E-state index contributed by atoms with van der Waals surface area (Å²) in [4.78, 5) is 22.3. The number of aliphatic hydroxyl groups excluding tert-OH is 2. The van der Waals surface area contributed by atoms with Gasteiger partial charge in [0.2, 0.25) is 5.95 Å². The molecule has 0 unspecified atom stereocenters. The molecule has 4 atom stereocenters. The zero-order chi connectivity index (χ0) is 13.3. The van der Waals surface area contributed by atoms with E-state index in [1.807, 2.05) is 0 Å². The van der Waals surface area contributed by atoms with Crippen LogP contribution in [0.15, 0.2) is 4.79 Å². The van der Waals surface area contributed by atoms with Gasteiger partial charge in [-0.25, -0.2) is 4.98 Å². The van der Waals surface area contributed by atoms with E-state index in [2.05, 4.69) is 15.0 Å². The zero-order valence-electron chi connectivity index (χ0n) is 9.65. The lowest BCUT2D eigenvalue weighted by Crippen LogP contribution is -2.33. The summed E-state index contributed by atoms with van der Waals surface area (Å²) in [5.41, 5.74) is 5.41. The van der Waals surface area contributed by atoms with Crippen molar-refractivity contribution < 1.29 is 14.9 Å². The lowest BCUT2D eigenvalue weighted by molar-refractivity contribution is -0.110. The lowest BCUT2D eigenvalue weighted by atomic mass is 10.1. The number of imidazole rings is 1. The number of nitrogens with zero attached hydrogens (tertiary/aromatic N) is 3. The highest BCUT2D eigenvalue weighted by Crippen LogP contribution is 2.42. The monoisotopic (exact) mass is 268 g/mol. The maximum absolute atomic E-state index is 11.8. The minimum atomic E-state index is -1.09. The van der Waals surface area contributed by atoms with Crippen molar-refractivity contribution in [2.24, 2.45) is 0 Å². The topological polar surface area (TPSA) is 139 Å². The summed E-state index contributed by atoms with van der Waals surface area (Å²) in [5.74, 6) is 0.242. The van der Waals surface area contributed by atoms with Crippen LogP contribution in [0.5, 0.6) is 0 Å². The number of hydrogen-bond donors (Lipinski definition) is 4. The highest BCUT2D eigenvalue weighted by molar-refractivity contribution is 5.72. The van der Waals surface area contributed by atoms with Gasteiger partial charge in [0.05, 0.1) is 6.10 Å². The van der Waals surface area contributed by atoms with Gasteiger partial charge in [-0.3, -0.25) is 14.3 Å². The molecule has 0 amide bonds. The Hall–Kier alpha value is -1.97. The number of aliphatic hydroxyl groups is 2. The van der Waals surface area contributed by atoms with Gasteiger partial charge in [0.1, 0.15) is 24.3 Å². The smallest absolute Gasteiger partial charge is 0.280 e. The number of fused-ring (bicyclic) bond motifs is 6. The van der Waals surface area contributed by atoms with Crippen LogP contribution in [-0.2, 0) is 4.74 Å². The molecule has 2 aromatic rings. The van der Waals surface area contributed by atoms with Crippen molar-refractivity contribution in [3.05, 3.63) is 16.2 Å². The molecule has 9 heteroatoms. The van der Waals surface area contributed by atoms with Crippen molar-refractivity contribution >= 4 is 17.1 Å². The number of nitrogens with two attached hydrogens (primary N) is 1. The molecule has 0 aromatic carbocycles. The van der Waals surface area contributed by atoms with Crippen molar-refractivity contribution in [3.8, 4) is 0 Å². The predicted octanol–water partition coefficient (Wildman–Crippen LogP) is -1.60. The average molecular weight is 268 g/mol. The molecular weight excluding hydrogens is 257 g/mol. The maximum atomic E-state index is 11.8. The third-order valence-electron chi connectivity index (χ3n) is 3.60. The molecule has 4 rings (SSSR count). The van der Waals surface area contributed by atoms with Crippen molar-refractivity contribution in [1.82, 2.24) is 19.5 Å². The first-order chi connectivity index (χ1) is 9.06. The van der Waals surface area contributed by atoms with Gasteiger partial charge in [0.15, 0.2) is 11.2 Å². The van der Waals surface area contributed by atoms with E-state index >= 15 is 0 Å². The highest BCUT2D eigenvalue weighted by atomic mass is 16.5. The van der Waals surface area contributed by atoms with Crippen molar-refractivity contribution in [2.75, 3.05) is 5.73 Å². The Morgan fingerprint density at radius 1 is 1.42 bits per heavy atom. The molecule has 2 bridgehead atoms. The predicted molar refractivity (Wildman–Crippen MR) is 62.1 cm³/mol. The number of anilines is 1. The van der Waals surface area contributed by atoms with Crippen LogP contribution >= 0.6 is 0 Å². The van der Waals surface area contributed by atoms with Crippen LogP contribution < -0.4 is 11.3 Å². The third-order valence-corrected chi connectivity index (χ3v) is 3.60. The van der Waals surface area contributed by atoms with Gasteiger partial charge in [0.25, 0.3) is 5.56 Å². The molecule has 0 radical (unpaired) electrons. The third kappa shape index (κ3) is 1.26. The fourth-order valence-electron chi connectivity index (χ4n) is 2.78. The van der Waals surface area contributed by atoms with Gasteiger partial charge in [-0.15, -0.1) is 0 Å². The minimum absolute atomic E-state index is 0.0321. The van der Waals surface area contributed by atoms with Gasteiger partial charge >= 0.3 is 0 Å². The van der Waals surface area contributed by atoms with Crippen molar-refractivity contribution in [1.29, 1.82) is 0 Å². The van der Waals surface area contributed by atoms with Crippen LogP contribution in [0.25, 0.3) is 11.2 Å². The minimum Gasteiger partial charge on any atom is -0.390 e. The fraction of sp³-hybridized carbons (Fsp3) is 0.500. The van der Waals surface area contributed by atoms with E-state index < -0.39 is 30.1 Å². The molecule has 19 heavy (non-hydrogen) atoms. The molecule has 1 fully saturated rings. The van der Waals surface area contributed by atoms with E-state index in [1.54, 1.807) is 0 Å². The Balaban J connectivity index is 2.06. The van der Waals surface area contributed by atoms with Gasteiger partial charge in [-0.1, -0.05) is 0 Å². The number of aromatic nitrogens is 4. The van der Waals surface area contributed by atoms with Gasteiger partial charge in [-0.05, 0) is 0 Å². The second-order valence-electron chi connectivity index (χ2n) is 4.77. The standard InChI is InChI=1S/C10H11N5O4/c11-10-13-7-4(9(18)14-10)12-8-5(17)6-2(16)1-3(19-6)15(7)8/h2-3,5-6,16-17H,1H2,(H3,11,13,14,18)/t2-,3+,5+,6+/m0/s1/i11+1,13+1,14+1. The number of H-pyrrole nitrogens is 1. The summed E-state index contributed by atoms with van der Waals surface area (Å²) in [6.45, 7) is 0. The molecular formula is C10H11N5O4. The fourth-order valence-corrected chi connectivity index (χ4v) is 2.78. The number of aromatic amines is 1. The molecule has 1 saturated heterocycles. The summed E-state index contributed by atoms with van der Waals surface area (Å²) >= 11 is 0. The van der Waals surface area contributed by atoms with Gasteiger partial charge in [0, 0.05) is 6.42 Å². The van der Waals surface area contributed by atoms with E-state index in [1.165, 1.54) is 4.57 Å². The first-order valence-corrected chi connectivity index (χ1v) is 5.85. The summed E-state index contributed by atoms with van der Waals surface area (Å²) in [7, 11) is 0. The summed E-state index contributed by atoms with van der Waals surface area (Å²) in [6, 6.07) is 0. The largest absolute Gasteiger partial charge is 0.390 e. The molecule has 100 valence electrons. The number of nitrogens with one attached hydrogen (secondary N) is 1. The van der Waals surface area contributed by atoms with E-state index in [0.717, 1.165) is 0 Å². The first kappa shape index (κ1) is 10.9. The SMILES string of the molecule is [15NH2]c1[15n]c2c(nc3n2[C@H]2C[C@H](O)[C@@H](O2)[C@H]3O)c(=O)[15nH]1. The summed E-state index contributed by atoms with van der Waals surface area (Å²) < 4.78 is 7.05. The molecule has 5 N–H and O–H groups in total. The Morgan fingerprint density at radius 3 is 3.00 bits per heavy atom. The van der Waals surface area contributed by atoms with Crippen LogP contribution in [0, 0.1) is 0 Å². The van der Waals surface area contributed by atoms with Crippen LogP contribution in [0.3, 0.4) is 0 Å². The van der Waals surface area contributed by atoms with Crippen LogP contribution in [0.2, 0.25) is 0 Å². The Morgan fingerprint density at radius 2 is 2.21 bits per heavy atom. The number of nitrogen functional groups attached to an aromatic ring is 1. The van der Waals surface area contributed by atoms with E-state index in [-0.39, 0.29) is 22.9 Å². The maximum Gasteiger partial charge on any atom is 0.280 e. The second kappa shape index (κ2) is 3.32. The normalized spacial score (nSPS) is 32.7. The van der Waals surface area contributed by atoms with Gasteiger partial charge < -0.3 is 20.7 Å². The summed E-state index contributed by atoms with van der Waals surface area (Å²) in [5, 5.41) is 19.9. The average Bonchev–Trinajstić information content (AvgIpc) is 2.87. The van der Waals surface area contributed by atoms with Crippen LogP contribution in [0.4, 0.5) is 5.95 Å². The lowest BCUT2D eigenvalue weighted by Gasteiger charge is -2.27. The number of rotatable bonds is 0. The quantitative estimate of drug-likeness (QED) is 0.422. The Bertz CT molecular complexity index is 737. The van der Waals surface area contributed by atoms with Crippen LogP contribution in [0.1, 0.15) is 24.6 Å². The molecule has 0 aliphatic carbocycles. The van der Waals surface area contributed by atoms with Gasteiger partial charge in [-0.2, -0.15) is 4.98 Å². The van der Waals surface area contributed by atoms with Crippen molar-refractivity contribution in [2.45, 2.75) is 31.0 Å². The molecule has 9 nitrogen and oxygen atoms in total. The van der Waals surface area contributed by atoms with E-state index in [0.29, 0.717) is 6.42 Å². The molecule has 0 spiro atoms. The van der Waals surface area contributed by atoms with Crippen molar-refractivity contribution in [3.63, 3.8) is 0 Å². The molecule has 2 aromatic heterocycles. The Labute approximate surface area is 105 Å². The second-order valence-corrected chi connectivity index (χ2v) is 4.77.